The van der Waals surface area contributed by atoms with E-state index in [9.17, 15) is 9.59 Å². The standard InChI is InChI=1S/C18H19N3O3S/c1-4-14-20-21-15(22)10-13(19-17(21)25-14)11-24-16(23)18(2,3)12-8-6-5-7-9-12/h5-10H,4,11H2,1-3H3. The van der Waals surface area contributed by atoms with Crippen LogP contribution in [0.1, 0.15) is 37.0 Å². The van der Waals surface area contributed by atoms with Crippen LogP contribution in [0, 0.1) is 0 Å². The van der Waals surface area contributed by atoms with Gasteiger partial charge in [-0.3, -0.25) is 9.59 Å². The minimum absolute atomic E-state index is 0.0415. The van der Waals surface area contributed by atoms with Gasteiger partial charge in [-0.05, 0) is 25.8 Å². The van der Waals surface area contributed by atoms with Gasteiger partial charge >= 0.3 is 5.97 Å². The van der Waals surface area contributed by atoms with Crippen LogP contribution in [-0.4, -0.2) is 20.6 Å². The van der Waals surface area contributed by atoms with Gasteiger partial charge in [0.05, 0.1) is 11.1 Å². The van der Waals surface area contributed by atoms with Gasteiger partial charge in [-0.15, -0.1) is 0 Å². The molecule has 1 aromatic carbocycles. The molecule has 130 valence electrons. The second-order valence-corrected chi connectivity index (χ2v) is 7.24. The molecular weight excluding hydrogens is 338 g/mol. The topological polar surface area (TPSA) is 73.6 Å². The molecule has 0 atom stereocenters. The molecule has 0 amide bonds. The Morgan fingerprint density at radius 1 is 1.28 bits per heavy atom. The lowest BCUT2D eigenvalue weighted by Gasteiger charge is -2.22. The summed E-state index contributed by atoms with van der Waals surface area (Å²) in [7, 11) is 0. The lowest BCUT2D eigenvalue weighted by molar-refractivity contribution is -0.150. The van der Waals surface area contributed by atoms with Crippen LogP contribution in [0.25, 0.3) is 4.96 Å². The first-order chi connectivity index (χ1) is 11.9. The number of hydrogen-bond acceptors (Lipinski definition) is 6. The molecule has 0 unspecified atom stereocenters. The van der Waals surface area contributed by atoms with Crippen LogP contribution in [0.5, 0.6) is 0 Å². The molecule has 25 heavy (non-hydrogen) atoms. The number of aryl methyl sites for hydroxylation is 1. The predicted octanol–water partition coefficient (Wildman–Crippen LogP) is 2.73. The number of rotatable bonds is 5. The molecule has 7 heteroatoms. The van der Waals surface area contributed by atoms with Crippen LogP contribution in [-0.2, 0) is 28.0 Å². The summed E-state index contributed by atoms with van der Waals surface area (Å²) in [5, 5.41) is 5.04. The lowest BCUT2D eigenvalue weighted by Crippen LogP contribution is -2.31. The third kappa shape index (κ3) is 3.46. The van der Waals surface area contributed by atoms with Gasteiger partial charge in [-0.2, -0.15) is 9.61 Å². The van der Waals surface area contributed by atoms with E-state index in [1.807, 2.05) is 51.1 Å². The Labute approximate surface area is 149 Å². The van der Waals surface area contributed by atoms with Crippen LogP contribution >= 0.6 is 11.3 Å². The molecule has 0 radical (unpaired) electrons. The van der Waals surface area contributed by atoms with E-state index in [0.717, 1.165) is 17.0 Å². The van der Waals surface area contributed by atoms with E-state index in [-0.39, 0.29) is 18.1 Å². The Balaban J connectivity index is 1.78. The first-order valence-electron chi connectivity index (χ1n) is 8.03. The molecule has 0 aliphatic heterocycles. The zero-order chi connectivity index (χ0) is 18.0. The average molecular weight is 357 g/mol. The normalized spacial score (nSPS) is 11.6. The van der Waals surface area contributed by atoms with Crippen molar-refractivity contribution in [2.75, 3.05) is 0 Å². The minimum atomic E-state index is -0.778. The highest BCUT2D eigenvalue weighted by Gasteiger charge is 2.31. The summed E-state index contributed by atoms with van der Waals surface area (Å²) in [5.74, 6) is -0.362. The molecule has 0 N–H and O–H groups in total. The van der Waals surface area contributed by atoms with E-state index < -0.39 is 5.41 Å². The van der Waals surface area contributed by atoms with Gasteiger partial charge in [0, 0.05) is 6.07 Å². The summed E-state index contributed by atoms with van der Waals surface area (Å²) >= 11 is 1.36. The van der Waals surface area contributed by atoms with Gasteiger partial charge < -0.3 is 4.74 Å². The summed E-state index contributed by atoms with van der Waals surface area (Å²) in [4.78, 5) is 29.5. The molecule has 2 heterocycles. The fourth-order valence-corrected chi connectivity index (χ4v) is 3.26. The van der Waals surface area contributed by atoms with Crippen molar-refractivity contribution in [3.05, 3.63) is 63.0 Å². The molecule has 0 bridgehead atoms. The zero-order valence-electron chi connectivity index (χ0n) is 14.4. The second kappa shape index (κ2) is 6.76. The summed E-state index contributed by atoms with van der Waals surface area (Å²) in [5.41, 5.74) is 0.252. The minimum Gasteiger partial charge on any atom is -0.459 e. The van der Waals surface area contributed by atoms with E-state index in [1.165, 1.54) is 21.9 Å². The van der Waals surface area contributed by atoms with E-state index in [4.69, 9.17) is 4.74 Å². The van der Waals surface area contributed by atoms with Crippen LogP contribution in [0.3, 0.4) is 0 Å². The SMILES string of the molecule is CCc1nn2c(=O)cc(COC(=O)C(C)(C)c3ccccc3)nc2s1. The van der Waals surface area contributed by atoms with Gasteiger partial charge in [0.25, 0.3) is 5.56 Å². The van der Waals surface area contributed by atoms with Crippen molar-refractivity contribution in [1.29, 1.82) is 0 Å². The third-order valence-corrected chi connectivity index (χ3v) is 5.05. The largest absolute Gasteiger partial charge is 0.459 e. The fourth-order valence-electron chi connectivity index (χ4n) is 2.41. The fraction of sp³-hybridized carbons (Fsp3) is 0.333. The van der Waals surface area contributed by atoms with Crippen molar-refractivity contribution in [2.24, 2.45) is 0 Å². The van der Waals surface area contributed by atoms with Gasteiger partial charge in [0.2, 0.25) is 4.96 Å². The highest BCUT2D eigenvalue weighted by Crippen LogP contribution is 2.24. The first kappa shape index (κ1) is 17.3. The molecule has 3 rings (SSSR count). The monoisotopic (exact) mass is 357 g/mol. The number of esters is 1. The van der Waals surface area contributed by atoms with Crippen molar-refractivity contribution in [3.63, 3.8) is 0 Å². The number of nitrogens with zero attached hydrogens (tertiary/aromatic N) is 3. The highest BCUT2D eigenvalue weighted by atomic mass is 32.1. The average Bonchev–Trinajstić information content (AvgIpc) is 3.04. The van der Waals surface area contributed by atoms with E-state index in [0.29, 0.717) is 10.7 Å². The van der Waals surface area contributed by atoms with Crippen molar-refractivity contribution in [1.82, 2.24) is 14.6 Å². The number of carbonyl (C=O) groups excluding carboxylic acids is 1. The van der Waals surface area contributed by atoms with Crippen LogP contribution in [0.15, 0.2) is 41.2 Å². The van der Waals surface area contributed by atoms with Crippen molar-refractivity contribution < 1.29 is 9.53 Å². The molecule has 2 aromatic heterocycles. The van der Waals surface area contributed by atoms with Gasteiger partial charge in [0.15, 0.2) is 0 Å². The predicted molar refractivity (Wildman–Crippen MR) is 95.8 cm³/mol. The second-order valence-electron chi connectivity index (χ2n) is 6.20. The maximum absolute atomic E-state index is 12.5. The summed E-state index contributed by atoms with van der Waals surface area (Å²) < 4.78 is 6.70. The Kier molecular flexibility index (Phi) is 4.67. The Hall–Kier alpha value is -2.54. The van der Waals surface area contributed by atoms with E-state index in [1.54, 1.807) is 0 Å². The van der Waals surface area contributed by atoms with Gasteiger partial charge in [-0.25, -0.2) is 4.98 Å². The van der Waals surface area contributed by atoms with E-state index >= 15 is 0 Å². The molecule has 0 fully saturated rings. The maximum atomic E-state index is 12.5. The molecule has 0 aliphatic carbocycles. The number of carbonyl (C=O) groups is 1. The zero-order valence-corrected chi connectivity index (χ0v) is 15.2. The van der Waals surface area contributed by atoms with Crippen molar-refractivity contribution in [2.45, 2.75) is 39.2 Å². The summed E-state index contributed by atoms with van der Waals surface area (Å²) in [6.07, 6.45) is 0.739. The number of hydrogen-bond donors (Lipinski definition) is 0. The van der Waals surface area contributed by atoms with E-state index in [2.05, 4.69) is 10.1 Å². The molecule has 0 saturated heterocycles. The number of benzene rings is 1. The quantitative estimate of drug-likeness (QED) is 0.657. The molecule has 3 aromatic rings. The lowest BCUT2D eigenvalue weighted by atomic mass is 9.85. The van der Waals surface area contributed by atoms with Crippen molar-refractivity contribution >= 4 is 22.3 Å². The van der Waals surface area contributed by atoms with Gasteiger partial charge in [-0.1, -0.05) is 48.6 Å². The maximum Gasteiger partial charge on any atom is 0.316 e. The third-order valence-electron chi connectivity index (χ3n) is 4.00. The molecule has 0 aliphatic rings. The molecule has 0 saturated carbocycles. The number of ether oxygens (including phenoxy) is 1. The van der Waals surface area contributed by atoms with Gasteiger partial charge in [0.1, 0.15) is 11.6 Å². The number of fused-ring (bicyclic) bond motifs is 1. The highest BCUT2D eigenvalue weighted by molar-refractivity contribution is 7.16. The smallest absolute Gasteiger partial charge is 0.316 e. The first-order valence-corrected chi connectivity index (χ1v) is 8.85. The van der Waals surface area contributed by atoms with Crippen LogP contribution < -0.4 is 5.56 Å². The Morgan fingerprint density at radius 3 is 2.68 bits per heavy atom. The van der Waals surface area contributed by atoms with Crippen LogP contribution in [0.4, 0.5) is 0 Å². The Bertz CT molecular complexity index is 961. The molecule has 6 nitrogen and oxygen atoms in total. The number of aromatic nitrogens is 3. The van der Waals surface area contributed by atoms with Crippen LogP contribution in [0.2, 0.25) is 0 Å². The molecular formula is C18H19N3O3S. The summed E-state index contributed by atoms with van der Waals surface area (Å²) in [6.45, 7) is 5.55. The Morgan fingerprint density at radius 2 is 2.00 bits per heavy atom. The summed E-state index contributed by atoms with van der Waals surface area (Å²) in [6, 6.07) is 10.8. The van der Waals surface area contributed by atoms with Crippen molar-refractivity contribution in [3.8, 4) is 0 Å². The molecule has 0 spiro atoms.